The molecule has 1 aromatic heterocycles. The Labute approximate surface area is 116 Å². The van der Waals surface area contributed by atoms with E-state index in [9.17, 15) is 4.79 Å². The number of benzene rings is 1. The Kier molecular flexibility index (Phi) is 4.36. The third-order valence-corrected chi connectivity index (χ3v) is 2.63. The summed E-state index contributed by atoms with van der Waals surface area (Å²) in [4.78, 5) is 15.9. The lowest BCUT2D eigenvalue weighted by Crippen LogP contribution is -2.30. The first-order chi connectivity index (χ1) is 9.15. The zero-order valence-corrected chi connectivity index (χ0v) is 11.1. The maximum atomic E-state index is 11.9. The Morgan fingerprint density at radius 2 is 2.16 bits per heavy atom. The lowest BCUT2D eigenvalue weighted by molar-refractivity contribution is -0.122. The van der Waals surface area contributed by atoms with Crippen molar-refractivity contribution in [3.05, 3.63) is 53.7 Å². The van der Waals surface area contributed by atoms with Crippen LogP contribution in [0.1, 0.15) is 6.92 Å². The van der Waals surface area contributed by atoms with E-state index >= 15 is 0 Å². The van der Waals surface area contributed by atoms with Crippen LogP contribution in [0.15, 0.2) is 48.7 Å². The van der Waals surface area contributed by atoms with E-state index in [1.165, 1.54) is 0 Å². The minimum absolute atomic E-state index is 0.265. The van der Waals surface area contributed by atoms with Crippen LogP contribution in [0.25, 0.3) is 0 Å². The van der Waals surface area contributed by atoms with Gasteiger partial charge in [-0.25, -0.2) is 4.98 Å². The van der Waals surface area contributed by atoms with Gasteiger partial charge >= 0.3 is 0 Å². The molecule has 0 aliphatic carbocycles. The van der Waals surface area contributed by atoms with E-state index in [1.807, 2.05) is 0 Å². The second-order valence-electron chi connectivity index (χ2n) is 3.92. The first kappa shape index (κ1) is 13.4. The number of nitrogens with one attached hydrogen (secondary N) is 1. The maximum Gasteiger partial charge on any atom is 0.266 e. The van der Waals surface area contributed by atoms with Crippen molar-refractivity contribution in [1.29, 1.82) is 0 Å². The summed E-state index contributed by atoms with van der Waals surface area (Å²) >= 11 is 5.85. The van der Waals surface area contributed by atoms with E-state index in [1.54, 1.807) is 55.6 Å². The molecule has 0 spiro atoms. The summed E-state index contributed by atoms with van der Waals surface area (Å²) in [5.74, 6) is 0.781. The molecule has 0 bridgehead atoms. The molecule has 5 heteroatoms. The summed E-state index contributed by atoms with van der Waals surface area (Å²) in [5.41, 5.74) is 0. The zero-order valence-electron chi connectivity index (χ0n) is 10.3. The van der Waals surface area contributed by atoms with E-state index in [0.29, 0.717) is 16.6 Å². The number of carbonyl (C=O) groups is 1. The minimum atomic E-state index is -0.638. The average molecular weight is 277 g/mol. The van der Waals surface area contributed by atoms with Gasteiger partial charge < -0.3 is 10.1 Å². The fraction of sp³-hybridized carbons (Fsp3) is 0.143. The van der Waals surface area contributed by atoms with E-state index in [-0.39, 0.29) is 5.91 Å². The molecule has 19 heavy (non-hydrogen) atoms. The van der Waals surface area contributed by atoms with E-state index in [0.717, 1.165) is 0 Å². The second kappa shape index (κ2) is 6.20. The SMILES string of the molecule is CC(Oc1cccc(Cl)c1)C(=O)Nc1ccccn1. The van der Waals surface area contributed by atoms with Gasteiger partial charge in [0.2, 0.25) is 0 Å². The van der Waals surface area contributed by atoms with Crippen molar-refractivity contribution >= 4 is 23.3 Å². The largest absolute Gasteiger partial charge is 0.481 e. The Bertz CT molecular complexity index is 560. The molecule has 1 N–H and O–H groups in total. The predicted octanol–water partition coefficient (Wildman–Crippen LogP) is 3.14. The topological polar surface area (TPSA) is 51.2 Å². The van der Waals surface area contributed by atoms with Crippen molar-refractivity contribution in [3.63, 3.8) is 0 Å². The minimum Gasteiger partial charge on any atom is -0.481 e. The van der Waals surface area contributed by atoms with Gasteiger partial charge in [0.15, 0.2) is 6.10 Å². The molecule has 1 amide bonds. The van der Waals surface area contributed by atoms with Crippen LogP contribution in [0.4, 0.5) is 5.82 Å². The van der Waals surface area contributed by atoms with Crippen LogP contribution in [0.2, 0.25) is 5.02 Å². The molecule has 2 rings (SSSR count). The summed E-state index contributed by atoms with van der Waals surface area (Å²) < 4.78 is 5.50. The lowest BCUT2D eigenvalue weighted by Gasteiger charge is -2.14. The van der Waals surface area contributed by atoms with E-state index in [2.05, 4.69) is 10.3 Å². The normalized spacial score (nSPS) is 11.7. The molecular weight excluding hydrogens is 264 g/mol. The van der Waals surface area contributed by atoms with Crippen LogP contribution < -0.4 is 10.1 Å². The number of ether oxygens (including phenoxy) is 1. The van der Waals surface area contributed by atoms with Crippen LogP contribution in [0.3, 0.4) is 0 Å². The van der Waals surface area contributed by atoms with Crippen LogP contribution in [0.5, 0.6) is 5.75 Å². The Morgan fingerprint density at radius 3 is 2.84 bits per heavy atom. The molecule has 1 heterocycles. The second-order valence-corrected chi connectivity index (χ2v) is 4.36. The number of hydrogen-bond donors (Lipinski definition) is 1. The molecule has 0 radical (unpaired) electrons. The van der Waals surface area contributed by atoms with Crippen LogP contribution >= 0.6 is 11.6 Å². The molecule has 0 fully saturated rings. The molecule has 4 nitrogen and oxygen atoms in total. The molecule has 1 aromatic carbocycles. The van der Waals surface area contributed by atoms with E-state index in [4.69, 9.17) is 16.3 Å². The molecule has 0 saturated carbocycles. The number of halogens is 1. The number of amides is 1. The van der Waals surface area contributed by atoms with Crippen LogP contribution in [-0.4, -0.2) is 17.0 Å². The fourth-order valence-electron chi connectivity index (χ4n) is 1.46. The number of hydrogen-bond acceptors (Lipinski definition) is 3. The molecule has 1 atom stereocenters. The van der Waals surface area contributed by atoms with Crippen molar-refractivity contribution in [2.45, 2.75) is 13.0 Å². The highest BCUT2D eigenvalue weighted by atomic mass is 35.5. The zero-order chi connectivity index (χ0) is 13.7. The Morgan fingerprint density at radius 1 is 1.32 bits per heavy atom. The highest BCUT2D eigenvalue weighted by Crippen LogP contribution is 2.18. The molecule has 2 aromatic rings. The van der Waals surface area contributed by atoms with Crippen molar-refractivity contribution < 1.29 is 9.53 Å². The maximum absolute atomic E-state index is 11.9. The van der Waals surface area contributed by atoms with Gasteiger partial charge in [-0.05, 0) is 37.3 Å². The molecule has 0 aliphatic heterocycles. The monoisotopic (exact) mass is 276 g/mol. The molecular formula is C14H13ClN2O2. The summed E-state index contributed by atoms with van der Waals surface area (Å²) in [6.07, 6.45) is 0.971. The predicted molar refractivity (Wildman–Crippen MR) is 74.4 cm³/mol. The smallest absolute Gasteiger partial charge is 0.266 e. The summed E-state index contributed by atoms with van der Waals surface area (Å²) in [7, 11) is 0. The quantitative estimate of drug-likeness (QED) is 0.933. The van der Waals surface area contributed by atoms with Gasteiger partial charge in [-0.3, -0.25) is 4.79 Å². The van der Waals surface area contributed by atoms with E-state index < -0.39 is 6.10 Å². The highest BCUT2D eigenvalue weighted by molar-refractivity contribution is 6.30. The summed E-state index contributed by atoms with van der Waals surface area (Å²) in [6.45, 7) is 1.67. The third-order valence-electron chi connectivity index (χ3n) is 2.39. The van der Waals surface area contributed by atoms with Gasteiger partial charge in [-0.2, -0.15) is 0 Å². The molecule has 1 unspecified atom stereocenters. The van der Waals surface area contributed by atoms with Gasteiger partial charge in [0.25, 0.3) is 5.91 Å². The van der Waals surface area contributed by atoms with Crippen molar-refractivity contribution in [2.24, 2.45) is 0 Å². The lowest BCUT2D eigenvalue weighted by atomic mass is 10.3. The average Bonchev–Trinajstić information content (AvgIpc) is 2.40. The van der Waals surface area contributed by atoms with Crippen molar-refractivity contribution in [1.82, 2.24) is 4.98 Å². The van der Waals surface area contributed by atoms with Gasteiger partial charge in [0.1, 0.15) is 11.6 Å². The number of carbonyl (C=O) groups excluding carboxylic acids is 1. The van der Waals surface area contributed by atoms with Crippen LogP contribution in [0, 0.1) is 0 Å². The van der Waals surface area contributed by atoms with Crippen molar-refractivity contribution in [3.8, 4) is 5.75 Å². The Balaban J connectivity index is 1.96. The summed E-state index contributed by atoms with van der Waals surface area (Å²) in [5, 5.41) is 3.23. The van der Waals surface area contributed by atoms with Crippen LogP contribution in [-0.2, 0) is 4.79 Å². The van der Waals surface area contributed by atoms with Gasteiger partial charge in [-0.15, -0.1) is 0 Å². The molecule has 0 saturated heterocycles. The fourth-order valence-corrected chi connectivity index (χ4v) is 1.64. The number of pyridine rings is 1. The summed E-state index contributed by atoms with van der Waals surface area (Å²) in [6, 6.07) is 12.2. The highest BCUT2D eigenvalue weighted by Gasteiger charge is 2.15. The number of aromatic nitrogens is 1. The van der Waals surface area contributed by atoms with Crippen molar-refractivity contribution in [2.75, 3.05) is 5.32 Å². The standard InChI is InChI=1S/C14H13ClN2O2/c1-10(19-12-6-4-5-11(15)9-12)14(18)17-13-7-2-3-8-16-13/h2-10H,1H3,(H,16,17,18). The first-order valence-corrected chi connectivity index (χ1v) is 6.17. The molecule has 98 valence electrons. The van der Waals surface area contributed by atoms with Gasteiger partial charge in [0, 0.05) is 11.2 Å². The molecule has 0 aliphatic rings. The number of rotatable bonds is 4. The van der Waals surface area contributed by atoms with Gasteiger partial charge in [0.05, 0.1) is 0 Å². The first-order valence-electron chi connectivity index (χ1n) is 5.79. The number of anilines is 1. The Hall–Kier alpha value is -2.07. The van der Waals surface area contributed by atoms with Gasteiger partial charge in [-0.1, -0.05) is 23.7 Å². The number of nitrogens with zero attached hydrogens (tertiary/aromatic N) is 1. The third kappa shape index (κ3) is 3.96.